The van der Waals surface area contributed by atoms with Crippen molar-refractivity contribution in [3.05, 3.63) is 16.6 Å². The van der Waals surface area contributed by atoms with Crippen LogP contribution < -0.4 is 0 Å². The summed E-state index contributed by atoms with van der Waals surface area (Å²) in [6.45, 7) is 13.2. The molecule has 0 N–H and O–H groups in total. The average molecular weight is 308 g/mol. The van der Waals surface area contributed by atoms with Gasteiger partial charge in [-0.15, -0.1) is 11.3 Å². The molecule has 0 amide bonds. The monoisotopic (exact) mass is 307 g/mol. The molecular formula is C17H29N3S. The summed E-state index contributed by atoms with van der Waals surface area (Å²) in [5, 5.41) is 3.37. The van der Waals surface area contributed by atoms with Crippen LogP contribution in [-0.2, 0) is 5.54 Å². The zero-order chi connectivity index (χ0) is 15.0. The normalized spacial score (nSPS) is 28.8. The zero-order valence-electron chi connectivity index (χ0n) is 13.9. The van der Waals surface area contributed by atoms with E-state index in [4.69, 9.17) is 0 Å². The van der Waals surface area contributed by atoms with Crippen LogP contribution in [-0.4, -0.2) is 46.5 Å². The summed E-state index contributed by atoms with van der Waals surface area (Å²) in [6, 6.07) is 1.39. The molecule has 3 heterocycles. The van der Waals surface area contributed by atoms with Crippen LogP contribution in [0.25, 0.3) is 0 Å². The van der Waals surface area contributed by atoms with Crippen LogP contribution in [0.1, 0.15) is 52.0 Å². The highest BCUT2D eigenvalue weighted by molar-refractivity contribution is 7.09. The van der Waals surface area contributed by atoms with Crippen LogP contribution in [0.4, 0.5) is 0 Å². The first-order valence-corrected chi connectivity index (χ1v) is 9.29. The molecule has 2 atom stereocenters. The maximum absolute atomic E-state index is 4.62. The molecule has 21 heavy (non-hydrogen) atoms. The summed E-state index contributed by atoms with van der Waals surface area (Å²) < 4.78 is 0. The SMILES string of the molecule is CC(C)C1CN2CCCCC2CN1C(C)(C)c1nccs1. The molecule has 2 unspecified atom stereocenters. The minimum atomic E-state index is 0.0483. The van der Waals surface area contributed by atoms with Gasteiger partial charge in [0.05, 0.1) is 5.54 Å². The summed E-state index contributed by atoms with van der Waals surface area (Å²) in [6.07, 6.45) is 6.11. The Kier molecular flexibility index (Phi) is 4.40. The molecule has 2 saturated heterocycles. The molecule has 1 aromatic rings. The molecular weight excluding hydrogens is 278 g/mol. The van der Waals surface area contributed by atoms with Gasteiger partial charge in [-0.2, -0.15) is 0 Å². The van der Waals surface area contributed by atoms with Gasteiger partial charge >= 0.3 is 0 Å². The molecule has 0 aliphatic carbocycles. The van der Waals surface area contributed by atoms with Crippen molar-refractivity contribution >= 4 is 11.3 Å². The van der Waals surface area contributed by atoms with Gasteiger partial charge in [-0.3, -0.25) is 9.80 Å². The van der Waals surface area contributed by atoms with Crippen molar-refractivity contribution < 1.29 is 0 Å². The first-order valence-electron chi connectivity index (χ1n) is 8.41. The standard InChI is InChI=1S/C17H29N3S/c1-13(2)15-12-19-9-6-5-7-14(19)11-20(15)17(3,4)16-18-8-10-21-16/h8,10,13-15H,5-7,9,11-12H2,1-4H3. The largest absolute Gasteiger partial charge is 0.298 e. The molecule has 2 fully saturated rings. The quantitative estimate of drug-likeness (QED) is 0.851. The molecule has 118 valence electrons. The fourth-order valence-electron chi connectivity index (χ4n) is 4.07. The summed E-state index contributed by atoms with van der Waals surface area (Å²) in [7, 11) is 0. The van der Waals surface area contributed by atoms with Crippen molar-refractivity contribution in [3.63, 3.8) is 0 Å². The lowest BCUT2D eigenvalue weighted by Crippen LogP contribution is -2.64. The van der Waals surface area contributed by atoms with Gasteiger partial charge in [0.15, 0.2) is 0 Å². The molecule has 0 saturated carbocycles. The van der Waals surface area contributed by atoms with E-state index in [1.807, 2.05) is 6.20 Å². The Bertz CT molecular complexity index is 455. The van der Waals surface area contributed by atoms with E-state index < -0.39 is 0 Å². The molecule has 0 radical (unpaired) electrons. The van der Waals surface area contributed by atoms with Gasteiger partial charge < -0.3 is 0 Å². The van der Waals surface area contributed by atoms with E-state index in [9.17, 15) is 0 Å². The van der Waals surface area contributed by atoms with E-state index in [0.717, 1.165) is 6.04 Å². The summed E-state index contributed by atoms with van der Waals surface area (Å²) in [5.41, 5.74) is 0.0483. The number of piperazine rings is 1. The predicted molar refractivity (Wildman–Crippen MR) is 89.7 cm³/mol. The van der Waals surface area contributed by atoms with Gasteiger partial charge in [0.25, 0.3) is 0 Å². The molecule has 4 heteroatoms. The lowest BCUT2D eigenvalue weighted by molar-refractivity contribution is -0.0590. The van der Waals surface area contributed by atoms with Crippen molar-refractivity contribution in [1.29, 1.82) is 0 Å². The second-order valence-electron chi connectivity index (χ2n) is 7.50. The van der Waals surface area contributed by atoms with Gasteiger partial charge in [0.1, 0.15) is 5.01 Å². The topological polar surface area (TPSA) is 19.4 Å². The van der Waals surface area contributed by atoms with Crippen LogP contribution in [0.15, 0.2) is 11.6 Å². The van der Waals surface area contributed by atoms with Gasteiger partial charge in [-0.1, -0.05) is 20.3 Å². The Balaban J connectivity index is 1.87. The Morgan fingerprint density at radius 3 is 2.76 bits per heavy atom. The predicted octanol–water partition coefficient (Wildman–Crippen LogP) is 3.57. The fraction of sp³-hybridized carbons (Fsp3) is 0.824. The van der Waals surface area contributed by atoms with Crippen molar-refractivity contribution in [3.8, 4) is 0 Å². The Hall–Kier alpha value is -0.450. The second-order valence-corrected chi connectivity index (χ2v) is 8.40. The minimum absolute atomic E-state index is 0.0483. The number of rotatable bonds is 3. The van der Waals surface area contributed by atoms with Crippen molar-refractivity contribution in [1.82, 2.24) is 14.8 Å². The number of aromatic nitrogens is 1. The highest BCUT2D eigenvalue weighted by Gasteiger charge is 2.43. The van der Waals surface area contributed by atoms with Gasteiger partial charge in [0.2, 0.25) is 0 Å². The molecule has 2 aliphatic rings. The van der Waals surface area contributed by atoms with E-state index in [-0.39, 0.29) is 5.54 Å². The smallest absolute Gasteiger partial charge is 0.112 e. The van der Waals surface area contributed by atoms with Crippen LogP contribution >= 0.6 is 11.3 Å². The molecule has 1 aromatic heterocycles. The molecule has 0 bridgehead atoms. The van der Waals surface area contributed by atoms with Crippen LogP contribution in [0.2, 0.25) is 0 Å². The third kappa shape index (κ3) is 2.90. The number of hydrogen-bond acceptors (Lipinski definition) is 4. The third-order valence-electron chi connectivity index (χ3n) is 5.42. The summed E-state index contributed by atoms with van der Waals surface area (Å²) in [4.78, 5) is 10.1. The molecule has 2 aliphatic heterocycles. The lowest BCUT2D eigenvalue weighted by Gasteiger charge is -2.54. The fourth-order valence-corrected chi connectivity index (χ4v) is 4.85. The maximum Gasteiger partial charge on any atom is 0.112 e. The maximum atomic E-state index is 4.62. The zero-order valence-corrected chi connectivity index (χ0v) is 14.7. The first kappa shape index (κ1) is 15.4. The molecule has 3 nitrogen and oxygen atoms in total. The number of nitrogens with zero attached hydrogens (tertiary/aromatic N) is 3. The van der Waals surface area contributed by atoms with Crippen molar-refractivity contribution in [2.75, 3.05) is 19.6 Å². The summed E-state index contributed by atoms with van der Waals surface area (Å²) >= 11 is 1.80. The van der Waals surface area contributed by atoms with Crippen LogP contribution in [0.3, 0.4) is 0 Å². The summed E-state index contributed by atoms with van der Waals surface area (Å²) in [5.74, 6) is 0.687. The Morgan fingerprint density at radius 2 is 2.10 bits per heavy atom. The van der Waals surface area contributed by atoms with E-state index in [2.05, 4.69) is 47.9 Å². The van der Waals surface area contributed by atoms with E-state index >= 15 is 0 Å². The van der Waals surface area contributed by atoms with Crippen molar-refractivity contribution in [2.24, 2.45) is 5.92 Å². The first-order chi connectivity index (χ1) is 10.00. The molecule has 0 spiro atoms. The lowest BCUT2D eigenvalue weighted by atomic mass is 9.87. The van der Waals surface area contributed by atoms with Crippen molar-refractivity contribution in [2.45, 2.75) is 64.6 Å². The second kappa shape index (κ2) is 5.98. The number of fused-ring (bicyclic) bond motifs is 1. The van der Waals surface area contributed by atoms with Crippen LogP contribution in [0.5, 0.6) is 0 Å². The molecule has 0 aromatic carbocycles. The van der Waals surface area contributed by atoms with E-state index in [0.29, 0.717) is 12.0 Å². The van der Waals surface area contributed by atoms with E-state index in [1.165, 1.54) is 43.9 Å². The third-order valence-corrected chi connectivity index (χ3v) is 6.51. The Morgan fingerprint density at radius 1 is 1.29 bits per heavy atom. The number of hydrogen-bond donors (Lipinski definition) is 0. The number of piperidine rings is 1. The Labute approximate surface area is 133 Å². The van der Waals surface area contributed by atoms with Gasteiger partial charge in [-0.05, 0) is 39.2 Å². The average Bonchev–Trinajstić information content (AvgIpc) is 3.00. The minimum Gasteiger partial charge on any atom is -0.298 e. The van der Waals surface area contributed by atoms with Gasteiger partial charge in [0, 0.05) is 36.8 Å². The highest BCUT2D eigenvalue weighted by Crippen LogP contribution is 2.37. The van der Waals surface area contributed by atoms with E-state index in [1.54, 1.807) is 11.3 Å². The molecule has 3 rings (SSSR count). The highest BCUT2D eigenvalue weighted by atomic mass is 32.1. The number of thiazole rings is 1. The van der Waals surface area contributed by atoms with Crippen LogP contribution in [0, 0.1) is 5.92 Å². The van der Waals surface area contributed by atoms with Gasteiger partial charge in [-0.25, -0.2) is 4.98 Å².